The largest absolute Gasteiger partial charge is 0.341 e. The highest BCUT2D eigenvalue weighted by atomic mass is 32.2. The Morgan fingerprint density at radius 1 is 0.656 bits per heavy atom. The molecule has 0 radical (unpaired) electrons. The third-order valence-electron chi connectivity index (χ3n) is 7.09. The highest BCUT2D eigenvalue weighted by molar-refractivity contribution is 7.99. The fourth-order valence-electron chi connectivity index (χ4n) is 4.94. The summed E-state index contributed by atoms with van der Waals surface area (Å²) >= 11 is 1.93. The summed E-state index contributed by atoms with van der Waals surface area (Å²) in [4.78, 5) is 36.3. The number of carbonyl (C=O) groups excluding carboxylic acids is 1. The maximum atomic E-state index is 11.1. The van der Waals surface area contributed by atoms with Crippen molar-refractivity contribution in [2.24, 2.45) is 0 Å². The molecule has 2 heterocycles. The summed E-state index contributed by atoms with van der Waals surface area (Å²) in [5, 5.41) is 0. The molecule has 2 aliphatic heterocycles. The van der Waals surface area contributed by atoms with Gasteiger partial charge in [0.25, 0.3) is 0 Å². The minimum atomic E-state index is -0.665. The van der Waals surface area contributed by atoms with Gasteiger partial charge in [0.15, 0.2) is 0 Å². The fraction of sp³-hybridized carbons (Fsp3) is 0.960. The van der Waals surface area contributed by atoms with Crippen molar-refractivity contribution in [1.29, 1.82) is 0 Å². The average Bonchev–Trinajstić information content (AvgIpc) is 2.84. The molecule has 6 nitrogen and oxygen atoms in total. The van der Waals surface area contributed by atoms with Gasteiger partial charge < -0.3 is 4.90 Å². The van der Waals surface area contributed by atoms with Crippen molar-refractivity contribution < 1.29 is 24.3 Å². The van der Waals surface area contributed by atoms with Gasteiger partial charge in [0.05, 0.1) is 0 Å². The molecule has 0 aromatic rings. The Kier molecular flexibility index (Phi) is 11.6. The van der Waals surface area contributed by atoms with Gasteiger partial charge in [0.2, 0.25) is 17.5 Å². The summed E-state index contributed by atoms with van der Waals surface area (Å²) < 4.78 is 0. The van der Waals surface area contributed by atoms with Gasteiger partial charge in [-0.15, -0.1) is 0 Å². The summed E-state index contributed by atoms with van der Waals surface area (Å²) in [6.07, 6.45) is 19.2. The topological polar surface area (TPSA) is 57.2 Å². The van der Waals surface area contributed by atoms with Crippen molar-refractivity contribution in [3.8, 4) is 0 Å². The van der Waals surface area contributed by atoms with E-state index in [2.05, 4.69) is 0 Å². The molecule has 0 N–H and O–H groups in total. The van der Waals surface area contributed by atoms with Crippen molar-refractivity contribution >= 4 is 17.7 Å². The lowest BCUT2D eigenvalue weighted by Gasteiger charge is -2.44. The van der Waals surface area contributed by atoms with Crippen molar-refractivity contribution in [3.63, 3.8) is 0 Å². The lowest BCUT2D eigenvalue weighted by Crippen LogP contribution is -2.51. The SMILES string of the molecule is C1CCCCCC2(CCCCC1)OOC1(CCCCC1)OO2.CCC(=O)N1CCSCC1. The van der Waals surface area contributed by atoms with E-state index in [1.807, 2.05) is 23.6 Å². The summed E-state index contributed by atoms with van der Waals surface area (Å²) in [6.45, 7) is 3.83. The monoisotopic (exact) mass is 471 g/mol. The molecule has 4 fully saturated rings. The smallest absolute Gasteiger partial charge is 0.234 e. The highest BCUT2D eigenvalue weighted by Gasteiger charge is 2.48. The summed E-state index contributed by atoms with van der Waals surface area (Å²) in [7, 11) is 0. The van der Waals surface area contributed by atoms with Crippen LogP contribution in [0.25, 0.3) is 0 Å². The lowest BCUT2D eigenvalue weighted by molar-refractivity contribution is -0.661. The first kappa shape index (κ1) is 26.3. The third kappa shape index (κ3) is 8.46. The van der Waals surface area contributed by atoms with Crippen LogP contribution in [0.4, 0.5) is 0 Å². The molecule has 0 bridgehead atoms. The molecule has 0 atom stereocenters. The van der Waals surface area contributed by atoms with Crippen LogP contribution in [0.1, 0.15) is 116 Å². The van der Waals surface area contributed by atoms with E-state index in [4.69, 9.17) is 19.6 Å². The molecule has 32 heavy (non-hydrogen) atoms. The zero-order valence-corrected chi connectivity index (χ0v) is 21.1. The van der Waals surface area contributed by atoms with Crippen LogP contribution in [0.15, 0.2) is 0 Å². The fourth-order valence-corrected chi connectivity index (χ4v) is 5.85. The number of nitrogens with zero attached hydrogens (tertiary/aromatic N) is 1. The predicted molar refractivity (Wildman–Crippen MR) is 128 cm³/mol. The first-order valence-corrected chi connectivity index (χ1v) is 14.4. The molecule has 1 amide bonds. The molecule has 186 valence electrons. The number of carbonyl (C=O) groups is 1. The van der Waals surface area contributed by atoms with E-state index in [0.717, 1.165) is 76.0 Å². The lowest BCUT2D eigenvalue weighted by atomic mass is 9.94. The molecule has 2 aliphatic carbocycles. The minimum Gasteiger partial charge on any atom is -0.341 e. The molecule has 4 aliphatic rings. The van der Waals surface area contributed by atoms with Crippen molar-refractivity contribution in [1.82, 2.24) is 4.90 Å². The van der Waals surface area contributed by atoms with Crippen LogP contribution in [-0.2, 0) is 24.3 Å². The van der Waals surface area contributed by atoms with Crippen LogP contribution in [0.5, 0.6) is 0 Å². The number of rotatable bonds is 1. The van der Waals surface area contributed by atoms with Crippen LogP contribution in [0, 0.1) is 0 Å². The quantitative estimate of drug-likeness (QED) is 0.405. The second kappa shape index (κ2) is 14.1. The summed E-state index contributed by atoms with van der Waals surface area (Å²) in [5.74, 6) is 1.24. The second-order valence-corrected chi connectivity index (χ2v) is 11.0. The van der Waals surface area contributed by atoms with Crippen molar-refractivity contribution in [3.05, 3.63) is 0 Å². The van der Waals surface area contributed by atoms with E-state index in [0.29, 0.717) is 12.3 Å². The van der Waals surface area contributed by atoms with E-state index < -0.39 is 11.6 Å². The van der Waals surface area contributed by atoms with Crippen LogP contribution >= 0.6 is 11.8 Å². The van der Waals surface area contributed by atoms with E-state index >= 15 is 0 Å². The van der Waals surface area contributed by atoms with Crippen LogP contribution in [0.2, 0.25) is 0 Å². The average molecular weight is 472 g/mol. The van der Waals surface area contributed by atoms with Gasteiger partial charge in [-0.3, -0.25) is 4.79 Å². The Bertz CT molecular complexity index is 510. The zero-order chi connectivity index (χ0) is 22.5. The summed E-state index contributed by atoms with van der Waals surface area (Å²) in [6, 6.07) is 0. The third-order valence-corrected chi connectivity index (χ3v) is 8.03. The van der Waals surface area contributed by atoms with Gasteiger partial charge in [-0.1, -0.05) is 58.3 Å². The Morgan fingerprint density at radius 3 is 1.38 bits per heavy atom. The van der Waals surface area contributed by atoms with Crippen LogP contribution < -0.4 is 0 Å². The van der Waals surface area contributed by atoms with Crippen LogP contribution in [0.3, 0.4) is 0 Å². The molecular formula is C25H45NO5S. The maximum Gasteiger partial charge on any atom is 0.234 e. The highest BCUT2D eigenvalue weighted by Crippen LogP contribution is 2.42. The zero-order valence-electron chi connectivity index (χ0n) is 20.2. The molecule has 2 saturated carbocycles. The van der Waals surface area contributed by atoms with Gasteiger partial charge in [-0.25, -0.2) is 0 Å². The van der Waals surface area contributed by atoms with Crippen LogP contribution in [-0.4, -0.2) is 47.0 Å². The molecular weight excluding hydrogens is 426 g/mol. The Hall–Kier alpha value is -0.340. The van der Waals surface area contributed by atoms with Gasteiger partial charge in [0.1, 0.15) is 0 Å². The molecule has 4 rings (SSSR count). The molecule has 2 spiro atoms. The number of hydrogen-bond acceptors (Lipinski definition) is 6. The van der Waals surface area contributed by atoms with E-state index in [1.165, 1.54) is 51.4 Å². The first-order valence-electron chi connectivity index (χ1n) is 13.3. The number of hydrogen-bond donors (Lipinski definition) is 0. The Balaban J connectivity index is 0.000000243. The van der Waals surface area contributed by atoms with E-state index in [-0.39, 0.29) is 0 Å². The van der Waals surface area contributed by atoms with Gasteiger partial charge >= 0.3 is 0 Å². The minimum absolute atomic E-state index is 0.306. The number of thioether (sulfide) groups is 1. The number of amides is 1. The Labute approximate surface area is 199 Å². The van der Waals surface area contributed by atoms with E-state index in [1.54, 1.807) is 0 Å². The maximum absolute atomic E-state index is 11.1. The second-order valence-electron chi connectivity index (χ2n) is 9.74. The molecule has 0 unspecified atom stereocenters. The standard InChI is InChI=1S/C18H32O4.C7H13NOS/c1-2-4-6-9-13-17(14-10-7-5-3-1)19-21-18(22-20-17)15-11-8-12-16-18;1-2-7(9)8-3-5-10-6-4-8/h1-16H2;2-6H2,1H3. The predicted octanol–water partition coefficient (Wildman–Crippen LogP) is 6.53. The normalized spacial score (nSPS) is 27.0. The molecule has 2 saturated heterocycles. The molecule has 7 heteroatoms. The van der Waals surface area contributed by atoms with E-state index in [9.17, 15) is 4.79 Å². The van der Waals surface area contributed by atoms with Gasteiger partial charge in [-0.2, -0.15) is 31.3 Å². The first-order chi connectivity index (χ1) is 15.7. The van der Waals surface area contributed by atoms with Gasteiger partial charge in [-0.05, 0) is 25.7 Å². The Morgan fingerprint density at radius 2 is 1.00 bits per heavy atom. The van der Waals surface area contributed by atoms with Gasteiger partial charge in [0, 0.05) is 56.7 Å². The summed E-state index contributed by atoms with van der Waals surface area (Å²) in [5.41, 5.74) is 0. The van der Waals surface area contributed by atoms with Crippen molar-refractivity contribution in [2.45, 2.75) is 128 Å². The molecule has 0 aromatic heterocycles. The van der Waals surface area contributed by atoms with Crippen molar-refractivity contribution in [2.75, 3.05) is 24.6 Å². The molecule has 0 aromatic carbocycles.